The van der Waals surface area contributed by atoms with Crippen molar-refractivity contribution in [3.8, 4) is 0 Å². The van der Waals surface area contributed by atoms with Gasteiger partial charge in [-0.25, -0.2) is 4.21 Å². The molecule has 0 saturated carbocycles. The highest BCUT2D eigenvalue weighted by molar-refractivity contribution is 7.92. The molecule has 0 spiro atoms. The van der Waals surface area contributed by atoms with Crippen LogP contribution >= 0.6 is 0 Å². The topological polar surface area (TPSA) is 40.9 Å². The van der Waals surface area contributed by atoms with Crippen LogP contribution in [0.1, 0.15) is 33.6 Å². The maximum Gasteiger partial charge on any atom is 0.0444 e. The Morgan fingerprint density at radius 3 is 2.36 bits per heavy atom. The fourth-order valence-electron chi connectivity index (χ4n) is 0.991. The summed E-state index contributed by atoms with van der Waals surface area (Å²) in [6, 6.07) is 0. The minimum Gasteiger partial charge on any atom is -0.253 e. The standard InChI is InChI=1S/C8H19NOS/c1-4-6-11(9,10)7-8(3)5-2/h8-9H,4-7H2,1-3H3/t8-,11-/m0/s1. The summed E-state index contributed by atoms with van der Waals surface area (Å²) in [5.74, 6) is 1.58. The van der Waals surface area contributed by atoms with Crippen molar-refractivity contribution >= 4 is 9.73 Å². The van der Waals surface area contributed by atoms with Crippen molar-refractivity contribution in [2.24, 2.45) is 5.92 Å². The molecule has 2 nitrogen and oxygen atoms in total. The van der Waals surface area contributed by atoms with Gasteiger partial charge in [0.2, 0.25) is 0 Å². The zero-order valence-electron chi connectivity index (χ0n) is 7.72. The van der Waals surface area contributed by atoms with Crippen molar-refractivity contribution in [1.82, 2.24) is 0 Å². The summed E-state index contributed by atoms with van der Waals surface area (Å²) in [6.45, 7) is 6.11. The maximum atomic E-state index is 11.4. The van der Waals surface area contributed by atoms with E-state index in [0.717, 1.165) is 12.8 Å². The molecule has 0 aromatic carbocycles. The average Bonchev–Trinajstić information content (AvgIpc) is 1.86. The van der Waals surface area contributed by atoms with Gasteiger partial charge in [0, 0.05) is 21.2 Å². The van der Waals surface area contributed by atoms with Crippen molar-refractivity contribution in [2.45, 2.75) is 33.6 Å². The van der Waals surface area contributed by atoms with E-state index in [1.165, 1.54) is 0 Å². The molecule has 0 aromatic heterocycles. The Morgan fingerprint density at radius 1 is 1.45 bits per heavy atom. The van der Waals surface area contributed by atoms with Gasteiger partial charge in [0.1, 0.15) is 0 Å². The third-order valence-electron chi connectivity index (χ3n) is 1.78. The Labute approximate surface area is 70.4 Å². The molecule has 3 heteroatoms. The first kappa shape index (κ1) is 11.0. The van der Waals surface area contributed by atoms with E-state index in [-0.39, 0.29) is 0 Å². The molecule has 0 bridgehead atoms. The van der Waals surface area contributed by atoms with Crippen molar-refractivity contribution in [3.63, 3.8) is 0 Å². The van der Waals surface area contributed by atoms with Crippen LogP contribution in [0.4, 0.5) is 0 Å². The molecule has 2 atom stereocenters. The number of hydrogen-bond acceptors (Lipinski definition) is 2. The van der Waals surface area contributed by atoms with E-state index in [1.54, 1.807) is 0 Å². The van der Waals surface area contributed by atoms with Crippen LogP contribution < -0.4 is 0 Å². The molecule has 0 rings (SSSR count). The molecule has 0 heterocycles. The number of hydrogen-bond donors (Lipinski definition) is 1. The van der Waals surface area contributed by atoms with Crippen LogP contribution in [0, 0.1) is 10.7 Å². The van der Waals surface area contributed by atoms with Crippen LogP contribution in [0.5, 0.6) is 0 Å². The maximum absolute atomic E-state index is 11.4. The predicted octanol–water partition coefficient (Wildman–Crippen LogP) is 2.49. The molecule has 1 N–H and O–H groups in total. The highest BCUT2D eigenvalue weighted by Crippen LogP contribution is 2.07. The first-order chi connectivity index (χ1) is 5.02. The Bertz CT molecular complexity index is 184. The third-order valence-corrected chi connectivity index (χ3v) is 3.96. The highest BCUT2D eigenvalue weighted by Gasteiger charge is 2.09. The second-order valence-electron chi connectivity index (χ2n) is 3.20. The first-order valence-corrected chi connectivity index (χ1v) is 6.15. The summed E-state index contributed by atoms with van der Waals surface area (Å²) in [6.07, 6.45) is 1.89. The van der Waals surface area contributed by atoms with Gasteiger partial charge in [-0.05, 0) is 12.3 Å². The van der Waals surface area contributed by atoms with E-state index in [1.807, 2.05) is 6.92 Å². The van der Waals surface area contributed by atoms with Gasteiger partial charge in [-0.15, -0.1) is 0 Å². The lowest BCUT2D eigenvalue weighted by Crippen LogP contribution is -2.14. The number of rotatable bonds is 5. The van der Waals surface area contributed by atoms with Gasteiger partial charge in [0.25, 0.3) is 0 Å². The minimum atomic E-state index is -2.24. The molecule has 11 heavy (non-hydrogen) atoms. The molecule has 0 aromatic rings. The minimum absolute atomic E-state index is 0.437. The lowest BCUT2D eigenvalue weighted by molar-refractivity contribution is 0.609. The van der Waals surface area contributed by atoms with Gasteiger partial charge in [-0.2, -0.15) is 0 Å². The van der Waals surface area contributed by atoms with Crippen LogP contribution in [0.3, 0.4) is 0 Å². The Morgan fingerprint density at radius 2 is 2.00 bits per heavy atom. The van der Waals surface area contributed by atoms with Gasteiger partial charge in [-0.1, -0.05) is 27.2 Å². The van der Waals surface area contributed by atoms with Crippen LogP contribution in [0.15, 0.2) is 0 Å². The second-order valence-corrected chi connectivity index (χ2v) is 5.56. The summed E-state index contributed by atoms with van der Waals surface area (Å²) in [7, 11) is -2.24. The molecule has 68 valence electrons. The second kappa shape index (κ2) is 4.75. The van der Waals surface area contributed by atoms with Gasteiger partial charge < -0.3 is 0 Å². The summed E-state index contributed by atoms with van der Waals surface area (Å²) >= 11 is 0. The van der Waals surface area contributed by atoms with Crippen LogP contribution in [0.2, 0.25) is 0 Å². The zero-order chi connectivity index (χ0) is 8.91. The fraction of sp³-hybridized carbons (Fsp3) is 1.00. The van der Waals surface area contributed by atoms with Crippen LogP contribution in [-0.4, -0.2) is 15.7 Å². The molecule has 0 saturated heterocycles. The molecule has 0 aliphatic heterocycles. The molecule has 0 unspecified atom stereocenters. The molecule has 0 aliphatic carbocycles. The molecular formula is C8H19NOS. The normalized spacial score (nSPS) is 19.2. The summed E-state index contributed by atoms with van der Waals surface area (Å²) in [4.78, 5) is 0. The lowest BCUT2D eigenvalue weighted by Gasteiger charge is -2.10. The highest BCUT2D eigenvalue weighted by atomic mass is 32.2. The van der Waals surface area contributed by atoms with E-state index in [4.69, 9.17) is 4.78 Å². The summed E-state index contributed by atoms with van der Waals surface area (Å²) in [5, 5.41) is 0. The summed E-state index contributed by atoms with van der Waals surface area (Å²) < 4.78 is 18.9. The van der Waals surface area contributed by atoms with Crippen molar-refractivity contribution in [1.29, 1.82) is 4.78 Å². The Hall–Kier alpha value is -0.0500. The quantitative estimate of drug-likeness (QED) is 0.688. The van der Waals surface area contributed by atoms with Crippen LogP contribution in [0.25, 0.3) is 0 Å². The molecular weight excluding hydrogens is 158 g/mol. The van der Waals surface area contributed by atoms with Crippen molar-refractivity contribution < 1.29 is 4.21 Å². The van der Waals surface area contributed by atoms with Gasteiger partial charge in [0.15, 0.2) is 0 Å². The van der Waals surface area contributed by atoms with Crippen molar-refractivity contribution in [2.75, 3.05) is 11.5 Å². The van der Waals surface area contributed by atoms with E-state index < -0.39 is 9.73 Å². The smallest absolute Gasteiger partial charge is 0.0444 e. The van der Waals surface area contributed by atoms with E-state index in [2.05, 4.69) is 13.8 Å². The number of nitrogens with one attached hydrogen (secondary N) is 1. The monoisotopic (exact) mass is 177 g/mol. The van der Waals surface area contributed by atoms with Gasteiger partial charge >= 0.3 is 0 Å². The molecule has 0 amide bonds. The Kier molecular flexibility index (Phi) is 4.73. The van der Waals surface area contributed by atoms with E-state index >= 15 is 0 Å². The Balaban J connectivity index is 3.92. The van der Waals surface area contributed by atoms with Crippen molar-refractivity contribution in [3.05, 3.63) is 0 Å². The van der Waals surface area contributed by atoms with Gasteiger partial charge in [0.05, 0.1) is 0 Å². The van der Waals surface area contributed by atoms with Crippen LogP contribution in [-0.2, 0) is 9.73 Å². The largest absolute Gasteiger partial charge is 0.253 e. The first-order valence-electron chi connectivity index (χ1n) is 4.26. The molecule has 0 radical (unpaired) electrons. The van der Waals surface area contributed by atoms with E-state index in [0.29, 0.717) is 17.4 Å². The predicted molar refractivity (Wildman–Crippen MR) is 50.3 cm³/mol. The third kappa shape index (κ3) is 5.24. The molecule has 0 fully saturated rings. The molecule has 0 aliphatic rings. The zero-order valence-corrected chi connectivity index (χ0v) is 8.54. The fourth-order valence-corrected chi connectivity index (χ4v) is 2.97. The van der Waals surface area contributed by atoms with Gasteiger partial charge in [-0.3, -0.25) is 4.78 Å². The average molecular weight is 177 g/mol. The lowest BCUT2D eigenvalue weighted by atomic mass is 10.2. The summed E-state index contributed by atoms with van der Waals surface area (Å²) in [5.41, 5.74) is 0. The SMILES string of the molecule is CCC[S@](=N)(=O)C[C@@H](C)CC. The van der Waals surface area contributed by atoms with E-state index in [9.17, 15) is 4.21 Å².